The van der Waals surface area contributed by atoms with Crippen LogP contribution in [0, 0.1) is 0 Å². The van der Waals surface area contributed by atoms with Crippen molar-refractivity contribution >= 4 is 40.6 Å². The monoisotopic (exact) mass is 372 g/mol. The Balaban J connectivity index is 1.73. The molecule has 25 heavy (non-hydrogen) atoms. The second-order valence-electron chi connectivity index (χ2n) is 5.11. The summed E-state index contributed by atoms with van der Waals surface area (Å²) in [6, 6.07) is 20.9. The Hall–Kier alpha value is -2.69. The summed E-state index contributed by atoms with van der Waals surface area (Å²) in [5.41, 5.74) is 0.999. The molecule has 0 saturated carbocycles. The first-order chi connectivity index (χ1) is 12.1. The quantitative estimate of drug-likeness (QED) is 0.554. The molecule has 2 N–H and O–H groups in total. The number of hydrogen-bond acceptors (Lipinski definition) is 2. The van der Waals surface area contributed by atoms with Gasteiger partial charge in [0.15, 0.2) is 5.75 Å². The van der Waals surface area contributed by atoms with Crippen molar-refractivity contribution in [2.24, 2.45) is 0 Å². The van der Waals surface area contributed by atoms with Crippen molar-refractivity contribution < 1.29 is 9.53 Å². The number of halogens is 2. The molecule has 6 heteroatoms. The van der Waals surface area contributed by atoms with Crippen molar-refractivity contribution in [3.63, 3.8) is 0 Å². The fourth-order valence-corrected chi connectivity index (χ4v) is 2.60. The number of para-hydroxylation sites is 3. The molecule has 0 bridgehead atoms. The molecule has 0 saturated heterocycles. The van der Waals surface area contributed by atoms with Gasteiger partial charge in [-0.3, -0.25) is 0 Å². The zero-order valence-corrected chi connectivity index (χ0v) is 14.5. The summed E-state index contributed by atoms with van der Waals surface area (Å²) in [4.78, 5) is 12.3. The summed E-state index contributed by atoms with van der Waals surface area (Å²) in [6.45, 7) is 0. The summed E-state index contributed by atoms with van der Waals surface area (Å²) >= 11 is 11.9. The number of ether oxygens (including phenoxy) is 1. The molecule has 2 amide bonds. The number of nitrogens with one attached hydrogen (secondary N) is 2. The summed E-state index contributed by atoms with van der Waals surface area (Å²) in [7, 11) is 0. The number of carbonyl (C=O) groups excluding carboxylic acids is 1. The minimum absolute atomic E-state index is 0.358. The molecule has 0 spiro atoms. The van der Waals surface area contributed by atoms with Gasteiger partial charge in [0.25, 0.3) is 0 Å². The first-order valence-electron chi connectivity index (χ1n) is 7.47. The SMILES string of the molecule is O=C(Nc1ccc(Cl)cc1Cl)Nc1ccccc1Oc1ccccc1. The van der Waals surface area contributed by atoms with Gasteiger partial charge in [-0.25, -0.2) is 4.79 Å². The van der Waals surface area contributed by atoms with Crippen LogP contribution < -0.4 is 15.4 Å². The van der Waals surface area contributed by atoms with Crippen LogP contribution in [-0.4, -0.2) is 6.03 Å². The van der Waals surface area contributed by atoms with Crippen molar-refractivity contribution in [2.45, 2.75) is 0 Å². The molecule has 0 aliphatic carbocycles. The highest BCUT2D eigenvalue weighted by molar-refractivity contribution is 6.36. The molecule has 3 aromatic carbocycles. The number of carbonyl (C=O) groups is 1. The molecule has 0 atom stereocenters. The van der Waals surface area contributed by atoms with Gasteiger partial charge in [-0.2, -0.15) is 0 Å². The standard InChI is InChI=1S/C19H14Cl2N2O2/c20-13-10-11-16(15(21)12-13)22-19(24)23-17-8-4-5-9-18(17)25-14-6-2-1-3-7-14/h1-12H,(H2,22,23,24). The van der Waals surface area contributed by atoms with Crippen LogP contribution in [0.2, 0.25) is 10.0 Å². The van der Waals surface area contributed by atoms with Gasteiger partial charge < -0.3 is 15.4 Å². The zero-order chi connectivity index (χ0) is 17.6. The van der Waals surface area contributed by atoms with Gasteiger partial charge >= 0.3 is 6.03 Å². The highest BCUT2D eigenvalue weighted by atomic mass is 35.5. The number of hydrogen-bond donors (Lipinski definition) is 2. The maximum atomic E-state index is 12.3. The van der Waals surface area contributed by atoms with E-state index in [2.05, 4.69) is 10.6 Å². The van der Waals surface area contributed by atoms with E-state index in [1.54, 1.807) is 30.3 Å². The van der Waals surface area contributed by atoms with Gasteiger partial charge in [-0.15, -0.1) is 0 Å². The van der Waals surface area contributed by atoms with Gasteiger partial charge in [0.1, 0.15) is 5.75 Å². The van der Waals surface area contributed by atoms with Crippen LogP contribution in [-0.2, 0) is 0 Å². The van der Waals surface area contributed by atoms with Gasteiger partial charge in [0.05, 0.1) is 16.4 Å². The largest absolute Gasteiger partial charge is 0.455 e. The average Bonchev–Trinajstić information content (AvgIpc) is 2.60. The molecule has 0 heterocycles. The lowest BCUT2D eigenvalue weighted by Crippen LogP contribution is -2.19. The maximum absolute atomic E-state index is 12.3. The van der Waals surface area contributed by atoms with Crippen molar-refractivity contribution in [1.29, 1.82) is 0 Å². The Labute approximate surface area is 155 Å². The van der Waals surface area contributed by atoms with Gasteiger partial charge in [0, 0.05) is 5.02 Å². The van der Waals surface area contributed by atoms with Crippen molar-refractivity contribution in [1.82, 2.24) is 0 Å². The van der Waals surface area contributed by atoms with E-state index in [1.165, 1.54) is 0 Å². The molecular formula is C19H14Cl2N2O2. The Kier molecular flexibility index (Phi) is 5.43. The normalized spacial score (nSPS) is 10.2. The van der Waals surface area contributed by atoms with Crippen LogP contribution in [0.4, 0.5) is 16.2 Å². The van der Waals surface area contributed by atoms with E-state index >= 15 is 0 Å². The highest BCUT2D eigenvalue weighted by Gasteiger charge is 2.10. The van der Waals surface area contributed by atoms with E-state index < -0.39 is 6.03 Å². The number of urea groups is 1. The van der Waals surface area contributed by atoms with Crippen LogP contribution >= 0.6 is 23.2 Å². The summed E-state index contributed by atoms with van der Waals surface area (Å²) < 4.78 is 5.81. The third-order valence-electron chi connectivity index (χ3n) is 3.29. The molecule has 0 aliphatic rings. The Morgan fingerprint density at radius 2 is 1.48 bits per heavy atom. The minimum Gasteiger partial charge on any atom is -0.455 e. The molecule has 3 rings (SSSR count). The fraction of sp³-hybridized carbons (Fsp3) is 0. The van der Waals surface area contributed by atoms with E-state index in [-0.39, 0.29) is 0 Å². The van der Waals surface area contributed by atoms with E-state index in [0.29, 0.717) is 32.9 Å². The summed E-state index contributed by atoms with van der Waals surface area (Å²) in [5, 5.41) is 6.29. The first kappa shape index (κ1) is 17.1. The number of anilines is 2. The van der Waals surface area contributed by atoms with E-state index in [1.807, 2.05) is 42.5 Å². The topological polar surface area (TPSA) is 50.4 Å². The molecule has 126 valence electrons. The molecule has 0 fully saturated rings. The maximum Gasteiger partial charge on any atom is 0.323 e. The molecule has 4 nitrogen and oxygen atoms in total. The zero-order valence-electron chi connectivity index (χ0n) is 13.0. The second kappa shape index (κ2) is 7.92. The molecule has 0 radical (unpaired) electrons. The van der Waals surface area contributed by atoms with Crippen molar-refractivity contribution in [2.75, 3.05) is 10.6 Å². The number of amides is 2. The van der Waals surface area contributed by atoms with Crippen LogP contribution in [0.25, 0.3) is 0 Å². The predicted molar refractivity (Wildman–Crippen MR) is 102 cm³/mol. The van der Waals surface area contributed by atoms with E-state index in [0.717, 1.165) is 0 Å². The van der Waals surface area contributed by atoms with Crippen molar-refractivity contribution in [3.05, 3.63) is 82.8 Å². The van der Waals surface area contributed by atoms with E-state index in [9.17, 15) is 4.79 Å². The first-order valence-corrected chi connectivity index (χ1v) is 8.22. The van der Waals surface area contributed by atoms with E-state index in [4.69, 9.17) is 27.9 Å². The summed E-state index contributed by atoms with van der Waals surface area (Å²) in [5.74, 6) is 1.21. The van der Waals surface area contributed by atoms with Gasteiger partial charge in [-0.05, 0) is 42.5 Å². The fourth-order valence-electron chi connectivity index (χ4n) is 2.14. The molecule has 3 aromatic rings. The molecule has 0 aliphatic heterocycles. The predicted octanol–water partition coefficient (Wildman–Crippen LogP) is 6.43. The van der Waals surface area contributed by atoms with Crippen LogP contribution in [0.5, 0.6) is 11.5 Å². The lowest BCUT2D eigenvalue weighted by molar-refractivity contribution is 0.262. The number of rotatable bonds is 4. The van der Waals surface area contributed by atoms with Crippen molar-refractivity contribution in [3.8, 4) is 11.5 Å². The third-order valence-corrected chi connectivity index (χ3v) is 3.83. The molecular weight excluding hydrogens is 359 g/mol. The van der Waals surface area contributed by atoms with Crippen LogP contribution in [0.15, 0.2) is 72.8 Å². The van der Waals surface area contributed by atoms with Gasteiger partial charge in [0.2, 0.25) is 0 Å². The van der Waals surface area contributed by atoms with Gasteiger partial charge in [-0.1, -0.05) is 53.5 Å². The Morgan fingerprint density at radius 3 is 2.24 bits per heavy atom. The van der Waals surface area contributed by atoms with Crippen LogP contribution in [0.1, 0.15) is 0 Å². The van der Waals surface area contributed by atoms with Crippen LogP contribution in [0.3, 0.4) is 0 Å². The Bertz CT molecular complexity index is 886. The Morgan fingerprint density at radius 1 is 0.800 bits per heavy atom. The lowest BCUT2D eigenvalue weighted by atomic mass is 10.3. The lowest BCUT2D eigenvalue weighted by Gasteiger charge is -2.13. The second-order valence-corrected chi connectivity index (χ2v) is 5.96. The minimum atomic E-state index is -0.437. The number of benzene rings is 3. The highest BCUT2D eigenvalue weighted by Crippen LogP contribution is 2.30. The summed E-state index contributed by atoms with van der Waals surface area (Å²) in [6.07, 6.45) is 0. The smallest absolute Gasteiger partial charge is 0.323 e. The molecule has 0 aromatic heterocycles. The third kappa shape index (κ3) is 4.66. The molecule has 0 unspecified atom stereocenters. The average molecular weight is 373 g/mol.